The van der Waals surface area contributed by atoms with Gasteiger partial charge in [-0.25, -0.2) is 4.39 Å². The van der Waals surface area contributed by atoms with Crippen LogP contribution in [0.1, 0.15) is 11.1 Å². The fraction of sp³-hybridized carbons (Fsp3) is 0. The first kappa shape index (κ1) is 25.4. The summed E-state index contributed by atoms with van der Waals surface area (Å²) in [6.45, 7) is 0. The maximum atomic E-state index is 16.7. The molecular formula is C38H19FN2S2. The van der Waals surface area contributed by atoms with Crippen LogP contribution >= 0.6 is 22.7 Å². The maximum Gasteiger partial charge on any atom is 0.138 e. The van der Waals surface area contributed by atoms with Crippen LogP contribution in [0.2, 0.25) is 0 Å². The summed E-state index contributed by atoms with van der Waals surface area (Å²) in [7, 11) is 0. The van der Waals surface area contributed by atoms with E-state index in [1.54, 1.807) is 34.8 Å². The highest BCUT2D eigenvalue weighted by Crippen LogP contribution is 2.42. The second-order valence-electron chi connectivity index (χ2n) is 10.5. The first-order valence-electron chi connectivity index (χ1n) is 13.7. The number of benzene rings is 6. The molecule has 0 aliphatic carbocycles. The fourth-order valence-electron chi connectivity index (χ4n) is 5.92. The molecule has 0 bridgehead atoms. The molecular weight excluding hydrogens is 568 g/mol. The second-order valence-corrected chi connectivity index (χ2v) is 12.7. The van der Waals surface area contributed by atoms with Crippen molar-refractivity contribution < 1.29 is 4.39 Å². The molecule has 0 aliphatic rings. The lowest BCUT2D eigenvalue weighted by Crippen LogP contribution is -1.94. The summed E-state index contributed by atoms with van der Waals surface area (Å²) in [5, 5.41) is 23.9. The lowest BCUT2D eigenvalue weighted by atomic mass is 9.90. The zero-order valence-electron chi connectivity index (χ0n) is 22.6. The Hall–Kier alpha value is -5.33. The normalized spacial score (nSPS) is 11.3. The van der Waals surface area contributed by atoms with Gasteiger partial charge in [0, 0.05) is 51.5 Å². The van der Waals surface area contributed by atoms with Gasteiger partial charge in [0.25, 0.3) is 0 Å². The molecule has 0 spiro atoms. The van der Waals surface area contributed by atoms with Crippen molar-refractivity contribution in [3.05, 3.63) is 132 Å². The number of thiophene rings is 2. The molecule has 0 aliphatic heterocycles. The highest BCUT2D eigenvalue weighted by Gasteiger charge is 2.18. The average molecular weight is 587 g/mol. The molecule has 0 unspecified atom stereocenters. The maximum absolute atomic E-state index is 16.7. The summed E-state index contributed by atoms with van der Waals surface area (Å²) in [4.78, 5) is 0. The molecule has 0 saturated heterocycles. The minimum Gasteiger partial charge on any atom is -0.206 e. The minimum atomic E-state index is -0.385. The van der Waals surface area contributed by atoms with Gasteiger partial charge in [-0.15, -0.1) is 22.7 Å². The summed E-state index contributed by atoms with van der Waals surface area (Å²) in [5.41, 5.74) is 4.57. The van der Waals surface area contributed by atoms with E-state index >= 15 is 4.39 Å². The van der Waals surface area contributed by atoms with Crippen molar-refractivity contribution in [3.63, 3.8) is 0 Å². The van der Waals surface area contributed by atoms with Gasteiger partial charge in [-0.1, -0.05) is 48.5 Å². The molecule has 8 rings (SSSR count). The van der Waals surface area contributed by atoms with Gasteiger partial charge in [0.2, 0.25) is 0 Å². The third-order valence-corrected chi connectivity index (χ3v) is 10.3. The van der Waals surface area contributed by atoms with Crippen molar-refractivity contribution in [3.8, 4) is 45.5 Å². The van der Waals surface area contributed by atoms with E-state index in [4.69, 9.17) is 0 Å². The van der Waals surface area contributed by atoms with Crippen LogP contribution < -0.4 is 0 Å². The van der Waals surface area contributed by atoms with Crippen LogP contribution in [0.25, 0.3) is 73.7 Å². The molecule has 200 valence electrons. The van der Waals surface area contributed by atoms with Gasteiger partial charge in [0.1, 0.15) is 5.82 Å². The van der Waals surface area contributed by atoms with Crippen molar-refractivity contribution in [1.29, 1.82) is 10.5 Å². The molecule has 0 amide bonds. The molecule has 2 aromatic heterocycles. The molecule has 2 heterocycles. The van der Waals surface area contributed by atoms with Crippen molar-refractivity contribution in [2.75, 3.05) is 0 Å². The molecule has 0 N–H and O–H groups in total. The topological polar surface area (TPSA) is 47.6 Å². The molecule has 6 aromatic carbocycles. The zero-order chi connectivity index (χ0) is 29.1. The summed E-state index contributed by atoms with van der Waals surface area (Å²) >= 11 is 3.49. The van der Waals surface area contributed by atoms with Gasteiger partial charge in [0.05, 0.1) is 23.3 Å². The first-order chi connectivity index (χ1) is 21.1. The summed E-state index contributed by atoms with van der Waals surface area (Å²) < 4.78 is 21.5. The van der Waals surface area contributed by atoms with Crippen LogP contribution in [-0.4, -0.2) is 0 Å². The minimum absolute atomic E-state index is 0.317. The molecule has 0 saturated carbocycles. The Bertz CT molecular complexity index is 2470. The third-order valence-electron chi connectivity index (χ3n) is 7.97. The number of halogens is 1. The number of fused-ring (bicyclic) bond motifs is 6. The van der Waals surface area contributed by atoms with Crippen molar-refractivity contribution in [2.45, 2.75) is 0 Å². The highest BCUT2D eigenvalue weighted by atomic mass is 32.1. The molecule has 2 nitrogen and oxygen atoms in total. The van der Waals surface area contributed by atoms with E-state index in [2.05, 4.69) is 78.9 Å². The van der Waals surface area contributed by atoms with Crippen molar-refractivity contribution >= 4 is 63.0 Å². The number of nitriles is 2. The highest BCUT2D eigenvalue weighted by molar-refractivity contribution is 7.26. The standard InChI is InChI=1S/C38H19FN2S2/c39-38-30(25-10-12-37-33(17-25)29-6-2-4-8-35(29)43-37)18-26(19-31(38)27-14-22(20-40)13-23(15-27)21-41)24-9-11-36-32(16-24)28-5-1-3-7-34(28)42-36/h1-19H. The molecule has 8 aromatic rings. The number of hydrogen-bond acceptors (Lipinski definition) is 4. The van der Waals surface area contributed by atoms with Gasteiger partial charge in [0.15, 0.2) is 0 Å². The lowest BCUT2D eigenvalue weighted by Gasteiger charge is -2.14. The predicted molar refractivity (Wildman–Crippen MR) is 178 cm³/mol. The predicted octanol–water partition coefficient (Wildman–Crippen LogP) is 11.3. The van der Waals surface area contributed by atoms with Gasteiger partial charge in [-0.05, 0) is 89.0 Å². The van der Waals surface area contributed by atoms with Crippen LogP contribution in [0.3, 0.4) is 0 Å². The van der Waals surface area contributed by atoms with Crippen molar-refractivity contribution in [2.24, 2.45) is 0 Å². The second kappa shape index (κ2) is 9.89. The summed E-state index contributed by atoms with van der Waals surface area (Å²) in [6, 6.07) is 42.0. The number of rotatable bonds is 3. The zero-order valence-corrected chi connectivity index (χ0v) is 24.2. The van der Waals surface area contributed by atoms with Gasteiger partial charge < -0.3 is 0 Å². The van der Waals surface area contributed by atoms with E-state index in [1.807, 2.05) is 30.3 Å². The molecule has 43 heavy (non-hydrogen) atoms. The van der Waals surface area contributed by atoms with E-state index in [0.717, 1.165) is 37.5 Å². The van der Waals surface area contributed by atoms with E-state index in [9.17, 15) is 10.5 Å². The van der Waals surface area contributed by atoms with Crippen LogP contribution in [0, 0.1) is 28.5 Å². The van der Waals surface area contributed by atoms with E-state index in [-0.39, 0.29) is 5.82 Å². The Morgan fingerprint density at radius 2 is 0.930 bits per heavy atom. The molecule has 0 atom stereocenters. The lowest BCUT2D eigenvalue weighted by molar-refractivity contribution is 0.635. The summed E-state index contributed by atoms with van der Waals surface area (Å²) in [6.07, 6.45) is 0. The fourth-order valence-corrected chi connectivity index (χ4v) is 8.10. The summed E-state index contributed by atoms with van der Waals surface area (Å²) in [5.74, 6) is -0.385. The molecule has 0 fully saturated rings. The van der Waals surface area contributed by atoms with E-state index in [0.29, 0.717) is 27.8 Å². The Morgan fingerprint density at radius 1 is 0.442 bits per heavy atom. The van der Waals surface area contributed by atoms with E-state index < -0.39 is 0 Å². The number of hydrogen-bond donors (Lipinski definition) is 0. The smallest absolute Gasteiger partial charge is 0.138 e. The first-order valence-corrected chi connectivity index (χ1v) is 15.4. The Balaban J connectivity index is 1.40. The van der Waals surface area contributed by atoms with Crippen LogP contribution in [0.5, 0.6) is 0 Å². The quantitative estimate of drug-likeness (QED) is 0.207. The SMILES string of the molecule is N#Cc1cc(C#N)cc(-c2cc(-c3ccc4sc5ccccc5c4c3)cc(-c3ccc4sc5ccccc5c4c3)c2F)c1. The Labute approximate surface area is 254 Å². The third kappa shape index (κ3) is 4.18. The van der Waals surface area contributed by atoms with Crippen LogP contribution in [0.4, 0.5) is 4.39 Å². The monoisotopic (exact) mass is 586 g/mol. The van der Waals surface area contributed by atoms with Crippen molar-refractivity contribution in [1.82, 2.24) is 0 Å². The van der Waals surface area contributed by atoms with E-state index in [1.165, 1.54) is 25.6 Å². The Kier molecular flexibility index (Phi) is 5.84. The Morgan fingerprint density at radius 3 is 1.51 bits per heavy atom. The van der Waals surface area contributed by atoms with Gasteiger partial charge in [-0.3, -0.25) is 0 Å². The van der Waals surface area contributed by atoms with Gasteiger partial charge in [-0.2, -0.15) is 10.5 Å². The largest absolute Gasteiger partial charge is 0.206 e. The average Bonchev–Trinajstić information content (AvgIpc) is 3.62. The van der Waals surface area contributed by atoms with Gasteiger partial charge >= 0.3 is 0 Å². The number of nitrogens with zero attached hydrogens (tertiary/aromatic N) is 2. The van der Waals surface area contributed by atoms with Crippen LogP contribution in [-0.2, 0) is 0 Å². The molecule has 5 heteroatoms. The van der Waals surface area contributed by atoms with Crippen LogP contribution in [0.15, 0.2) is 115 Å². The molecule has 0 radical (unpaired) electrons.